The minimum Gasteiger partial charge on any atom is -0.473 e. The molecule has 1 aromatic heterocycles. The van der Waals surface area contributed by atoms with Gasteiger partial charge >= 0.3 is 11.6 Å². The smallest absolute Gasteiger partial charge is 0.373 e. The van der Waals surface area contributed by atoms with Crippen molar-refractivity contribution in [2.24, 2.45) is 0 Å². The van der Waals surface area contributed by atoms with Crippen molar-refractivity contribution in [3.63, 3.8) is 0 Å². The Kier molecular flexibility index (Phi) is 5.63. The van der Waals surface area contributed by atoms with E-state index in [0.717, 1.165) is 13.1 Å². The minimum absolute atomic E-state index is 0.00210. The quantitative estimate of drug-likeness (QED) is 0.554. The molecule has 2 saturated heterocycles. The molecule has 0 bridgehead atoms. The van der Waals surface area contributed by atoms with Gasteiger partial charge in [0.1, 0.15) is 0 Å². The lowest BCUT2D eigenvalue weighted by Crippen LogP contribution is -2.44. The van der Waals surface area contributed by atoms with Gasteiger partial charge in [-0.05, 0) is 6.92 Å². The third kappa shape index (κ3) is 3.98. The van der Waals surface area contributed by atoms with E-state index < -0.39 is 15.7 Å². The van der Waals surface area contributed by atoms with Gasteiger partial charge in [0.25, 0.3) is 0 Å². The molecule has 2 fully saturated rings. The van der Waals surface area contributed by atoms with Crippen LogP contribution in [0.5, 0.6) is 5.88 Å². The third-order valence-corrected chi connectivity index (χ3v) is 5.44. The molecule has 0 aromatic carbocycles. The van der Waals surface area contributed by atoms with E-state index in [-0.39, 0.29) is 18.2 Å². The monoisotopic (exact) mass is 370 g/mol. The van der Waals surface area contributed by atoms with Crippen molar-refractivity contribution >= 4 is 28.3 Å². The highest BCUT2D eigenvalue weighted by Crippen LogP contribution is 2.36. The van der Waals surface area contributed by atoms with E-state index in [1.165, 1.54) is 0 Å². The summed E-state index contributed by atoms with van der Waals surface area (Å²) in [6, 6.07) is 0. The van der Waals surface area contributed by atoms with Gasteiger partial charge in [-0.2, -0.15) is 9.97 Å². The second kappa shape index (κ2) is 7.91. The largest absolute Gasteiger partial charge is 0.473 e. The zero-order valence-electron chi connectivity index (χ0n) is 14.1. The molecule has 11 heteroatoms. The van der Waals surface area contributed by atoms with Crippen LogP contribution in [0.2, 0.25) is 0 Å². The Labute approximate surface area is 148 Å². The number of ether oxygens (including phenoxy) is 1. The van der Waals surface area contributed by atoms with E-state index in [1.54, 1.807) is 6.92 Å². The first-order valence-electron chi connectivity index (χ1n) is 8.35. The molecule has 2 aliphatic heterocycles. The lowest BCUT2D eigenvalue weighted by molar-refractivity contribution is -0.385. The molecular formula is C14H22N6O4S. The van der Waals surface area contributed by atoms with Gasteiger partial charge in [0.15, 0.2) is 0 Å². The zero-order chi connectivity index (χ0) is 17.8. The zero-order valence-corrected chi connectivity index (χ0v) is 15.0. The van der Waals surface area contributed by atoms with Crippen LogP contribution in [-0.2, 0) is 10.8 Å². The Morgan fingerprint density at radius 1 is 1.20 bits per heavy atom. The van der Waals surface area contributed by atoms with Crippen LogP contribution < -0.4 is 19.9 Å². The summed E-state index contributed by atoms with van der Waals surface area (Å²) in [7, 11) is -0.820. The fourth-order valence-corrected chi connectivity index (χ4v) is 3.94. The Morgan fingerprint density at radius 3 is 2.48 bits per heavy atom. The highest BCUT2D eigenvalue weighted by molar-refractivity contribution is 7.85. The molecule has 3 rings (SSSR count). The van der Waals surface area contributed by atoms with Crippen molar-refractivity contribution in [2.75, 3.05) is 67.2 Å². The lowest BCUT2D eigenvalue weighted by Gasteiger charge is -2.30. The topological polar surface area (TPSA) is 114 Å². The highest BCUT2D eigenvalue weighted by atomic mass is 32.2. The normalized spacial score (nSPS) is 19.1. The van der Waals surface area contributed by atoms with Crippen molar-refractivity contribution in [2.45, 2.75) is 6.92 Å². The summed E-state index contributed by atoms with van der Waals surface area (Å²) in [5.41, 5.74) is -0.187. The predicted octanol–water partition coefficient (Wildman–Crippen LogP) is -0.238. The van der Waals surface area contributed by atoms with Crippen LogP contribution in [-0.4, -0.2) is 76.5 Å². The molecule has 25 heavy (non-hydrogen) atoms. The van der Waals surface area contributed by atoms with Gasteiger partial charge in [0.05, 0.1) is 11.5 Å². The highest BCUT2D eigenvalue weighted by Gasteiger charge is 2.32. The van der Waals surface area contributed by atoms with Gasteiger partial charge in [-0.25, -0.2) is 0 Å². The SMILES string of the molecule is CCOc1nc(N2CCS(=O)CC2)nc(N2CCNCC2)c1[N+](=O)[O-]. The maximum absolute atomic E-state index is 11.6. The Morgan fingerprint density at radius 2 is 1.88 bits per heavy atom. The predicted molar refractivity (Wildman–Crippen MR) is 95.0 cm³/mol. The molecule has 0 radical (unpaired) electrons. The molecule has 138 valence electrons. The van der Waals surface area contributed by atoms with E-state index >= 15 is 0 Å². The van der Waals surface area contributed by atoms with Gasteiger partial charge in [-0.3, -0.25) is 14.3 Å². The maximum atomic E-state index is 11.6. The van der Waals surface area contributed by atoms with E-state index in [4.69, 9.17) is 4.74 Å². The molecule has 0 spiro atoms. The van der Waals surface area contributed by atoms with Gasteiger partial charge in [-0.15, -0.1) is 0 Å². The number of nitro groups is 1. The van der Waals surface area contributed by atoms with Gasteiger partial charge in [0.2, 0.25) is 11.8 Å². The van der Waals surface area contributed by atoms with Gasteiger partial charge < -0.3 is 19.9 Å². The van der Waals surface area contributed by atoms with Crippen LogP contribution >= 0.6 is 0 Å². The summed E-state index contributed by atoms with van der Waals surface area (Å²) in [5, 5.41) is 14.9. The molecule has 0 saturated carbocycles. The number of rotatable bonds is 5. The summed E-state index contributed by atoms with van der Waals surface area (Å²) in [6.07, 6.45) is 0. The first-order valence-corrected chi connectivity index (χ1v) is 9.83. The molecule has 0 atom stereocenters. The second-order valence-corrected chi connectivity index (χ2v) is 7.46. The summed E-state index contributed by atoms with van der Waals surface area (Å²) in [6.45, 7) is 5.92. The van der Waals surface area contributed by atoms with E-state index in [9.17, 15) is 14.3 Å². The Balaban J connectivity index is 2.02. The minimum atomic E-state index is -0.820. The molecular weight excluding hydrogens is 348 g/mol. The summed E-state index contributed by atoms with van der Waals surface area (Å²) < 4.78 is 17.0. The third-order valence-electron chi connectivity index (χ3n) is 4.16. The van der Waals surface area contributed by atoms with Crippen LogP contribution in [0.3, 0.4) is 0 Å². The molecule has 0 unspecified atom stereocenters. The lowest BCUT2D eigenvalue weighted by atomic mass is 10.3. The van der Waals surface area contributed by atoms with E-state index in [0.29, 0.717) is 49.5 Å². The van der Waals surface area contributed by atoms with Gasteiger partial charge in [-0.1, -0.05) is 0 Å². The number of anilines is 2. The number of hydrogen-bond acceptors (Lipinski definition) is 9. The molecule has 0 amide bonds. The van der Waals surface area contributed by atoms with E-state index in [2.05, 4.69) is 15.3 Å². The molecule has 10 nitrogen and oxygen atoms in total. The average molecular weight is 370 g/mol. The summed E-state index contributed by atoms with van der Waals surface area (Å²) >= 11 is 0. The van der Waals surface area contributed by atoms with Crippen LogP contribution in [0.25, 0.3) is 0 Å². The van der Waals surface area contributed by atoms with Crippen LogP contribution in [0.4, 0.5) is 17.5 Å². The van der Waals surface area contributed by atoms with Crippen molar-refractivity contribution in [3.8, 4) is 5.88 Å². The number of hydrogen-bond donors (Lipinski definition) is 1. The molecule has 0 aliphatic carbocycles. The van der Waals surface area contributed by atoms with Crippen molar-refractivity contribution in [1.82, 2.24) is 15.3 Å². The van der Waals surface area contributed by atoms with Gasteiger partial charge in [0, 0.05) is 61.6 Å². The first-order chi connectivity index (χ1) is 12.1. The fraction of sp³-hybridized carbons (Fsp3) is 0.714. The molecule has 3 heterocycles. The van der Waals surface area contributed by atoms with Crippen molar-refractivity contribution < 1.29 is 13.9 Å². The summed E-state index contributed by atoms with van der Waals surface area (Å²) in [4.78, 5) is 23.8. The number of nitrogens with zero attached hydrogens (tertiary/aromatic N) is 5. The van der Waals surface area contributed by atoms with Crippen molar-refractivity contribution in [3.05, 3.63) is 10.1 Å². The number of aromatic nitrogens is 2. The molecule has 1 N–H and O–H groups in total. The standard InChI is InChI=1S/C14H22N6O4S/c1-2-24-13-11(20(21)22)12(18-5-3-15-4-6-18)16-14(17-13)19-7-9-25(23)10-8-19/h15H,2-10H2,1H3. The maximum Gasteiger partial charge on any atom is 0.373 e. The number of piperazine rings is 1. The van der Waals surface area contributed by atoms with Crippen LogP contribution in [0.15, 0.2) is 0 Å². The Bertz CT molecular complexity index is 657. The Hall–Kier alpha value is -2.01. The van der Waals surface area contributed by atoms with E-state index in [1.807, 2.05) is 9.80 Å². The molecule has 1 aromatic rings. The number of nitrogens with one attached hydrogen (secondary N) is 1. The van der Waals surface area contributed by atoms with Crippen LogP contribution in [0, 0.1) is 10.1 Å². The first kappa shape index (κ1) is 17.8. The fourth-order valence-electron chi connectivity index (χ4n) is 2.89. The molecule has 2 aliphatic rings. The summed E-state index contributed by atoms with van der Waals surface area (Å²) in [5.74, 6) is 1.80. The average Bonchev–Trinajstić information content (AvgIpc) is 2.62. The van der Waals surface area contributed by atoms with Crippen LogP contribution in [0.1, 0.15) is 6.92 Å². The van der Waals surface area contributed by atoms with Crippen molar-refractivity contribution in [1.29, 1.82) is 0 Å². The second-order valence-electron chi connectivity index (χ2n) is 5.76.